The molecule has 0 aliphatic carbocycles. The largest absolute Gasteiger partial charge is 0.463 e. The number of ether oxygens (including phenoxy) is 4. The van der Waals surface area contributed by atoms with Gasteiger partial charge in [0.2, 0.25) is 0 Å². The van der Waals surface area contributed by atoms with Gasteiger partial charge < -0.3 is 24.1 Å². The third kappa shape index (κ3) is 10.6. The number of esters is 4. The molecule has 0 aromatic heterocycles. The van der Waals surface area contributed by atoms with Gasteiger partial charge in [-0.05, 0) is 13.3 Å². The van der Waals surface area contributed by atoms with Gasteiger partial charge in [-0.15, -0.1) is 0 Å². The van der Waals surface area contributed by atoms with E-state index in [4.69, 9.17) is 18.9 Å². The molecule has 11 heteroatoms. The lowest BCUT2D eigenvalue weighted by atomic mass is 9.87. The summed E-state index contributed by atoms with van der Waals surface area (Å²) in [5, 5.41) is 10.5. The summed E-state index contributed by atoms with van der Waals surface area (Å²) in [6, 6.07) is 0. The Morgan fingerprint density at radius 1 is 0.879 bits per heavy atom. The summed E-state index contributed by atoms with van der Waals surface area (Å²) in [6.07, 6.45) is -1.86. The average molecular weight is 475 g/mol. The Kier molecular flexibility index (Phi) is 13.8. The Hall–Kier alpha value is -2.82. The van der Waals surface area contributed by atoms with Gasteiger partial charge >= 0.3 is 23.9 Å². The van der Waals surface area contributed by atoms with Gasteiger partial charge in [-0.3, -0.25) is 28.8 Å². The maximum atomic E-state index is 12.5. The molecular formula is C22H34O11. The molecule has 0 aromatic carbocycles. The van der Waals surface area contributed by atoms with Crippen LogP contribution in [0.2, 0.25) is 0 Å². The van der Waals surface area contributed by atoms with Gasteiger partial charge in [-0.25, -0.2) is 0 Å². The summed E-state index contributed by atoms with van der Waals surface area (Å²) in [7, 11) is 0. The second kappa shape index (κ2) is 15.1. The van der Waals surface area contributed by atoms with Crippen molar-refractivity contribution in [3.05, 3.63) is 0 Å². The van der Waals surface area contributed by atoms with Crippen molar-refractivity contribution in [1.29, 1.82) is 0 Å². The highest BCUT2D eigenvalue weighted by Gasteiger charge is 2.56. The number of carbonyl (C=O) groups excluding carboxylic acids is 6. The molecule has 0 bridgehead atoms. The lowest BCUT2D eigenvalue weighted by Gasteiger charge is -2.38. The summed E-state index contributed by atoms with van der Waals surface area (Å²) < 4.78 is 20.0. The standard InChI is InChI=1S/C22H34O11/c1-6-7-8-9-10-11-19(29)33-22(13-23,14(2)24)21(32-17(5)27)20(31-16(4)26)18(28)12-30-15(3)25/h13,18,20-21,28H,6-12H2,1-5H3/t18-,20-,21+,22-/m1/s1. The fourth-order valence-electron chi connectivity index (χ4n) is 3.03. The van der Waals surface area contributed by atoms with Gasteiger partial charge in [0.15, 0.2) is 24.3 Å². The van der Waals surface area contributed by atoms with Crippen LogP contribution in [0.5, 0.6) is 0 Å². The van der Waals surface area contributed by atoms with E-state index in [2.05, 4.69) is 0 Å². The maximum absolute atomic E-state index is 12.5. The monoisotopic (exact) mass is 474 g/mol. The summed E-state index contributed by atoms with van der Waals surface area (Å²) in [4.78, 5) is 71.7. The molecule has 0 unspecified atom stereocenters. The highest BCUT2D eigenvalue weighted by atomic mass is 16.6. The van der Waals surface area contributed by atoms with Crippen LogP contribution in [0.25, 0.3) is 0 Å². The van der Waals surface area contributed by atoms with Crippen molar-refractivity contribution in [2.75, 3.05) is 6.61 Å². The van der Waals surface area contributed by atoms with Gasteiger partial charge in [0.1, 0.15) is 12.7 Å². The molecule has 33 heavy (non-hydrogen) atoms. The van der Waals surface area contributed by atoms with Crippen molar-refractivity contribution in [2.24, 2.45) is 0 Å². The van der Waals surface area contributed by atoms with Crippen molar-refractivity contribution in [3.63, 3.8) is 0 Å². The third-order valence-corrected chi connectivity index (χ3v) is 4.65. The second-order valence-corrected chi connectivity index (χ2v) is 7.58. The van der Waals surface area contributed by atoms with Crippen LogP contribution < -0.4 is 0 Å². The lowest BCUT2D eigenvalue weighted by molar-refractivity contribution is -0.212. The van der Waals surface area contributed by atoms with Crippen molar-refractivity contribution in [1.82, 2.24) is 0 Å². The van der Waals surface area contributed by atoms with Crippen LogP contribution in [0.3, 0.4) is 0 Å². The van der Waals surface area contributed by atoms with Crippen LogP contribution in [0.1, 0.15) is 73.1 Å². The summed E-state index contributed by atoms with van der Waals surface area (Å²) in [5.41, 5.74) is -2.70. The third-order valence-electron chi connectivity index (χ3n) is 4.65. The number of aldehydes is 1. The molecular weight excluding hydrogens is 440 g/mol. The SMILES string of the molecule is CCCCCCCC(=O)O[C@](C=O)(C(C)=O)[C@@H](OC(C)=O)[C@H](OC(C)=O)[C@H](O)COC(C)=O. The van der Waals surface area contributed by atoms with E-state index in [0.29, 0.717) is 6.42 Å². The number of hydrogen-bond donors (Lipinski definition) is 1. The van der Waals surface area contributed by atoms with Crippen LogP contribution in [-0.2, 0) is 47.7 Å². The first-order valence-corrected chi connectivity index (χ1v) is 10.8. The maximum Gasteiger partial charge on any atom is 0.307 e. The molecule has 11 nitrogen and oxygen atoms in total. The molecule has 1 N–H and O–H groups in total. The summed E-state index contributed by atoms with van der Waals surface area (Å²) >= 11 is 0. The minimum absolute atomic E-state index is 0.0348. The highest BCUT2D eigenvalue weighted by Crippen LogP contribution is 2.27. The average Bonchev–Trinajstić information content (AvgIpc) is 2.72. The number of rotatable bonds is 16. The number of carbonyl (C=O) groups is 6. The van der Waals surface area contributed by atoms with Gasteiger partial charge in [0.05, 0.1) is 0 Å². The van der Waals surface area contributed by atoms with E-state index >= 15 is 0 Å². The quantitative estimate of drug-likeness (QED) is 0.113. The number of aliphatic hydroxyl groups excluding tert-OH is 1. The van der Waals surface area contributed by atoms with Crippen molar-refractivity contribution in [2.45, 2.75) is 97.1 Å². The van der Waals surface area contributed by atoms with E-state index in [-0.39, 0.29) is 12.7 Å². The topological polar surface area (TPSA) is 160 Å². The summed E-state index contributed by atoms with van der Waals surface area (Å²) in [5.74, 6) is -4.70. The Morgan fingerprint density at radius 3 is 1.91 bits per heavy atom. The first kappa shape index (κ1) is 30.2. The van der Waals surface area contributed by atoms with Crippen molar-refractivity contribution < 1.29 is 52.8 Å². The number of aliphatic hydroxyl groups is 1. The lowest BCUT2D eigenvalue weighted by Crippen LogP contribution is -2.63. The molecule has 0 saturated heterocycles. The normalized spacial score (nSPS) is 15.2. The molecule has 0 radical (unpaired) electrons. The Morgan fingerprint density at radius 2 is 1.45 bits per heavy atom. The molecule has 0 aromatic rings. The zero-order chi connectivity index (χ0) is 25.6. The van der Waals surface area contributed by atoms with E-state index < -0.39 is 60.2 Å². The molecule has 0 heterocycles. The number of unbranched alkanes of at least 4 members (excludes halogenated alkanes) is 4. The first-order chi connectivity index (χ1) is 15.4. The number of Topliss-reactive ketones (excluding diaryl/α,β-unsaturated/α-hetero) is 1. The Labute approximate surface area is 193 Å². The fraction of sp³-hybridized carbons (Fsp3) is 0.727. The first-order valence-electron chi connectivity index (χ1n) is 10.8. The minimum atomic E-state index is -2.70. The molecule has 0 fully saturated rings. The van der Waals surface area contributed by atoms with Crippen LogP contribution in [-0.4, -0.2) is 71.6 Å². The Balaban J connectivity index is 6.06. The van der Waals surface area contributed by atoms with Crippen LogP contribution in [0.4, 0.5) is 0 Å². The zero-order valence-electron chi connectivity index (χ0n) is 19.8. The molecule has 0 spiro atoms. The fourth-order valence-corrected chi connectivity index (χ4v) is 3.03. The second-order valence-electron chi connectivity index (χ2n) is 7.58. The zero-order valence-corrected chi connectivity index (χ0v) is 19.8. The molecule has 0 amide bonds. The minimum Gasteiger partial charge on any atom is -0.463 e. The van der Waals surface area contributed by atoms with Gasteiger partial charge in [0, 0.05) is 27.2 Å². The van der Waals surface area contributed by atoms with Gasteiger partial charge in [-0.1, -0.05) is 32.6 Å². The highest BCUT2D eigenvalue weighted by molar-refractivity contribution is 6.03. The van der Waals surface area contributed by atoms with Crippen LogP contribution in [0.15, 0.2) is 0 Å². The molecule has 0 saturated carbocycles. The van der Waals surface area contributed by atoms with Crippen molar-refractivity contribution >= 4 is 35.9 Å². The number of ketones is 1. The van der Waals surface area contributed by atoms with E-state index in [0.717, 1.165) is 53.4 Å². The Bertz CT molecular complexity index is 702. The smallest absolute Gasteiger partial charge is 0.307 e. The molecule has 188 valence electrons. The van der Waals surface area contributed by atoms with E-state index in [1.165, 1.54) is 0 Å². The van der Waals surface area contributed by atoms with Crippen LogP contribution in [0, 0.1) is 0 Å². The van der Waals surface area contributed by atoms with Crippen molar-refractivity contribution in [3.8, 4) is 0 Å². The predicted octanol–water partition coefficient (Wildman–Crippen LogP) is 1.20. The number of hydrogen-bond acceptors (Lipinski definition) is 11. The molecule has 0 aliphatic rings. The molecule has 0 aliphatic heterocycles. The summed E-state index contributed by atoms with van der Waals surface area (Å²) in [6.45, 7) is 5.21. The van der Waals surface area contributed by atoms with E-state index in [1.54, 1.807) is 0 Å². The van der Waals surface area contributed by atoms with Gasteiger partial charge in [0.25, 0.3) is 5.60 Å². The van der Waals surface area contributed by atoms with E-state index in [9.17, 15) is 33.9 Å². The molecule has 4 atom stereocenters. The van der Waals surface area contributed by atoms with Crippen LogP contribution >= 0.6 is 0 Å². The predicted molar refractivity (Wildman–Crippen MR) is 113 cm³/mol. The molecule has 0 rings (SSSR count). The van der Waals surface area contributed by atoms with E-state index in [1.807, 2.05) is 6.92 Å². The van der Waals surface area contributed by atoms with Gasteiger partial charge in [-0.2, -0.15) is 0 Å².